The predicted molar refractivity (Wildman–Crippen MR) is 220 cm³/mol. The maximum absolute atomic E-state index is 6.81. The first kappa shape index (κ1) is 30.0. The lowest BCUT2D eigenvalue weighted by Gasteiger charge is -2.28. The summed E-state index contributed by atoms with van der Waals surface area (Å²) in [5, 5.41) is 7.08. The van der Waals surface area contributed by atoms with E-state index in [4.69, 9.17) is 4.42 Å². The van der Waals surface area contributed by atoms with Gasteiger partial charge < -0.3 is 9.32 Å². The van der Waals surface area contributed by atoms with Crippen molar-refractivity contribution in [1.29, 1.82) is 0 Å². The van der Waals surface area contributed by atoms with Crippen molar-refractivity contribution in [2.45, 2.75) is 0 Å². The first-order valence-corrected chi connectivity index (χ1v) is 17.8. The van der Waals surface area contributed by atoms with E-state index in [0.717, 1.165) is 50.1 Å². The maximum atomic E-state index is 6.81. The molecule has 0 amide bonds. The molecule has 0 N–H and O–H groups in total. The number of fused-ring (bicyclic) bond motifs is 7. The minimum atomic E-state index is 0.923. The van der Waals surface area contributed by atoms with Crippen molar-refractivity contribution in [2.24, 2.45) is 0 Å². The van der Waals surface area contributed by atoms with Crippen molar-refractivity contribution in [2.75, 3.05) is 4.90 Å². The Bertz CT molecular complexity index is 2870. The van der Waals surface area contributed by atoms with Gasteiger partial charge in [-0.05, 0) is 74.8 Å². The first-order chi connectivity index (χ1) is 25.8. The van der Waals surface area contributed by atoms with Crippen LogP contribution in [0.2, 0.25) is 0 Å². The van der Waals surface area contributed by atoms with E-state index in [1.165, 1.54) is 43.8 Å². The van der Waals surface area contributed by atoms with Gasteiger partial charge in [0.15, 0.2) is 0 Å². The van der Waals surface area contributed by atoms with E-state index in [2.05, 4.69) is 205 Å². The molecule has 2 nitrogen and oxygen atoms in total. The van der Waals surface area contributed by atoms with Crippen LogP contribution in [0.15, 0.2) is 205 Å². The van der Waals surface area contributed by atoms with Gasteiger partial charge in [0.25, 0.3) is 0 Å². The summed E-state index contributed by atoms with van der Waals surface area (Å²) in [6.07, 6.45) is 0. The third-order valence-corrected chi connectivity index (χ3v) is 10.3. The Kier molecular flexibility index (Phi) is 7.18. The molecule has 0 saturated carbocycles. The topological polar surface area (TPSA) is 16.4 Å². The molecule has 0 spiro atoms. The van der Waals surface area contributed by atoms with Gasteiger partial charge in [0.2, 0.25) is 0 Å². The summed E-state index contributed by atoms with van der Waals surface area (Å²) in [6.45, 7) is 0. The second-order valence-corrected chi connectivity index (χ2v) is 13.3. The van der Waals surface area contributed by atoms with E-state index in [9.17, 15) is 0 Å². The zero-order valence-electron chi connectivity index (χ0n) is 28.4. The number of nitrogens with zero attached hydrogens (tertiary/aromatic N) is 1. The van der Waals surface area contributed by atoms with Crippen molar-refractivity contribution in [3.05, 3.63) is 200 Å². The zero-order chi connectivity index (χ0) is 34.4. The molecule has 0 radical (unpaired) electrons. The summed E-state index contributed by atoms with van der Waals surface area (Å²) >= 11 is 0. The van der Waals surface area contributed by atoms with Gasteiger partial charge in [-0.2, -0.15) is 0 Å². The van der Waals surface area contributed by atoms with Gasteiger partial charge in [-0.15, -0.1) is 0 Å². The SMILES string of the molecule is c1ccc(-c2ccccc2N(c2ccccc2)c2ccc(-c3ccc(-c4cccc5c4oc4c5ccc5ccc6ccccc6c54)cc3)cc2)cc1. The van der Waals surface area contributed by atoms with Crippen LogP contribution in [0.1, 0.15) is 0 Å². The van der Waals surface area contributed by atoms with Crippen LogP contribution < -0.4 is 4.90 Å². The molecule has 0 aliphatic carbocycles. The fourth-order valence-electron chi connectivity index (χ4n) is 7.75. The van der Waals surface area contributed by atoms with Crippen LogP contribution in [0.25, 0.3) is 76.9 Å². The predicted octanol–water partition coefficient (Wildman–Crippen LogP) is 14.4. The molecule has 1 aromatic heterocycles. The van der Waals surface area contributed by atoms with E-state index >= 15 is 0 Å². The third-order valence-electron chi connectivity index (χ3n) is 10.3. The number of furan rings is 1. The van der Waals surface area contributed by atoms with Crippen molar-refractivity contribution < 1.29 is 4.42 Å². The van der Waals surface area contributed by atoms with Gasteiger partial charge >= 0.3 is 0 Å². The normalized spacial score (nSPS) is 11.5. The van der Waals surface area contributed by atoms with Gasteiger partial charge in [-0.25, -0.2) is 0 Å². The number of benzene rings is 9. The smallest absolute Gasteiger partial charge is 0.143 e. The van der Waals surface area contributed by atoms with Gasteiger partial charge in [0.05, 0.1) is 5.69 Å². The lowest BCUT2D eigenvalue weighted by Crippen LogP contribution is -2.11. The average molecular weight is 664 g/mol. The number of rotatable bonds is 6. The molecule has 0 bridgehead atoms. The maximum Gasteiger partial charge on any atom is 0.143 e. The Labute approximate surface area is 302 Å². The first-order valence-electron chi connectivity index (χ1n) is 17.8. The Hall–Kier alpha value is -6.90. The van der Waals surface area contributed by atoms with Crippen LogP contribution >= 0.6 is 0 Å². The van der Waals surface area contributed by atoms with Crippen LogP contribution in [0.3, 0.4) is 0 Å². The highest BCUT2D eigenvalue weighted by molar-refractivity contribution is 6.24. The summed E-state index contributed by atoms with van der Waals surface area (Å²) < 4.78 is 6.81. The fourth-order valence-corrected chi connectivity index (χ4v) is 7.75. The Balaban J connectivity index is 1.02. The Morgan fingerprint density at radius 1 is 0.308 bits per heavy atom. The van der Waals surface area contributed by atoms with Crippen LogP contribution in [0, 0.1) is 0 Å². The Morgan fingerprint density at radius 2 is 0.846 bits per heavy atom. The number of anilines is 3. The molecular formula is C50H33NO. The summed E-state index contributed by atoms with van der Waals surface area (Å²) in [5.74, 6) is 0. The summed E-state index contributed by atoms with van der Waals surface area (Å²) in [6, 6.07) is 71.4. The molecule has 0 atom stereocenters. The second-order valence-electron chi connectivity index (χ2n) is 13.3. The molecule has 0 aliphatic rings. The second kappa shape index (κ2) is 12.5. The van der Waals surface area contributed by atoms with Crippen molar-refractivity contribution in [3.8, 4) is 33.4 Å². The molecule has 10 rings (SSSR count). The number of hydrogen-bond donors (Lipinski definition) is 0. The largest absolute Gasteiger partial charge is 0.455 e. The molecule has 9 aromatic carbocycles. The van der Waals surface area contributed by atoms with E-state index in [1.807, 2.05) is 0 Å². The molecule has 0 saturated heterocycles. The van der Waals surface area contributed by atoms with Crippen LogP contribution in [-0.2, 0) is 0 Å². The van der Waals surface area contributed by atoms with E-state index in [0.29, 0.717) is 0 Å². The lowest BCUT2D eigenvalue weighted by atomic mass is 9.97. The molecule has 2 heteroatoms. The van der Waals surface area contributed by atoms with Gasteiger partial charge in [-0.1, -0.05) is 164 Å². The van der Waals surface area contributed by atoms with Gasteiger partial charge in [-0.3, -0.25) is 0 Å². The molecule has 244 valence electrons. The molecule has 10 aromatic rings. The van der Waals surface area contributed by atoms with E-state index in [-0.39, 0.29) is 0 Å². The average Bonchev–Trinajstić information content (AvgIpc) is 3.61. The molecule has 0 unspecified atom stereocenters. The quantitative estimate of drug-likeness (QED) is 0.165. The number of hydrogen-bond acceptors (Lipinski definition) is 2. The highest BCUT2D eigenvalue weighted by Gasteiger charge is 2.18. The summed E-state index contributed by atoms with van der Waals surface area (Å²) in [5.41, 5.74) is 12.2. The number of para-hydroxylation sites is 3. The Morgan fingerprint density at radius 3 is 1.65 bits per heavy atom. The van der Waals surface area contributed by atoms with Crippen molar-refractivity contribution in [3.63, 3.8) is 0 Å². The van der Waals surface area contributed by atoms with Gasteiger partial charge in [0, 0.05) is 38.7 Å². The van der Waals surface area contributed by atoms with E-state index in [1.54, 1.807) is 0 Å². The molecular weight excluding hydrogens is 631 g/mol. The monoisotopic (exact) mass is 663 g/mol. The molecule has 0 fully saturated rings. The molecule has 1 heterocycles. The third kappa shape index (κ3) is 5.04. The fraction of sp³-hybridized carbons (Fsp3) is 0. The minimum absolute atomic E-state index is 0.923. The van der Waals surface area contributed by atoms with Crippen LogP contribution in [0.5, 0.6) is 0 Å². The standard InChI is InChI=1S/C50H33NO/c1-3-12-36(13-4-1)42-17-9-10-21-47(42)51(40-15-5-2-6-16-40)41-31-28-35(29-32-41)34-22-24-38(25-23-34)44-19-11-20-45-46-33-30-39-27-26-37-14-7-8-18-43(37)48(39)50(46)52-49(44)45/h1-33H. The summed E-state index contributed by atoms with van der Waals surface area (Å²) in [4.78, 5) is 2.34. The van der Waals surface area contributed by atoms with Crippen molar-refractivity contribution in [1.82, 2.24) is 0 Å². The zero-order valence-corrected chi connectivity index (χ0v) is 28.4. The highest BCUT2D eigenvalue weighted by atomic mass is 16.3. The lowest BCUT2D eigenvalue weighted by molar-refractivity contribution is 0.674. The van der Waals surface area contributed by atoms with Crippen molar-refractivity contribution >= 4 is 60.5 Å². The van der Waals surface area contributed by atoms with Crippen LogP contribution in [-0.4, -0.2) is 0 Å². The van der Waals surface area contributed by atoms with Gasteiger partial charge in [0.1, 0.15) is 11.2 Å². The molecule has 0 aliphatic heterocycles. The summed E-state index contributed by atoms with van der Waals surface area (Å²) in [7, 11) is 0. The molecule has 52 heavy (non-hydrogen) atoms. The minimum Gasteiger partial charge on any atom is -0.455 e. The van der Waals surface area contributed by atoms with E-state index < -0.39 is 0 Å². The van der Waals surface area contributed by atoms with Crippen LogP contribution in [0.4, 0.5) is 17.1 Å². The highest BCUT2D eigenvalue weighted by Crippen LogP contribution is 2.43.